The van der Waals surface area contributed by atoms with Crippen LogP contribution in [0.5, 0.6) is 5.75 Å². The minimum Gasteiger partial charge on any atom is -0.506 e. The zero-order valence-corrected chi connectivity index (χ0v) is 10.7. The largest absolute Gasteiger partial charge is 0.506 e. The number of rotatable bonds is 4. The van der Waals surface area contributed by atoms with Gasteiger partial charge in [0, 0.05) is 5.69 Å². The maximum Gasteiger partial charge on any atom is 0.241 e. The Morgan fingerprint density at radius 3 is 2.76 bits per heavy atom. The number of hydrogen-bond acceptors (Lipinski definition) is 3. The number of phenolic OH excluding ortho intramolecular Hbond substituents is 1. The number of phenols is 1. The summed E-state index contributed by atoms with van der Waals surface area (Å²) in [5.41, 5.74) is 6.32. The van der Waals surface area contributed by atoms with Gasteiger partial charge in [0.2, 0.25) is 5.91 Å². The topological polar surface area (TPSA) is 75.4 Å². The van der Waals surface area contributed by atoms with E-state index in [1.807, 2.05) is 13.8 Å². The quantitative estimate of drug-likeness (QED) is 0.724. The van der Waals surface area contributed by atoms with E-state index in [9.17, 15) is 9.90 Å². The number of anilines is 1. The fourth-order valence-electron chi connectivity index (χ4n) is 1.32. The molecule has 0 saturated heterocycles. The van der Waals surface area contributed by atoms with Crippen LogP contribution in [0.15, 0.2) is 18.2 Å². The van der Waals surface area contributed by atoms with E-state index in [1.54, 1.807) is 6.07 Å². The van der Waals surface area contributed by atoms with Crippen LogP contribution < -0.4 is 11.1 Å². The average molecular weight is 257 g/mol. The molecule has 1 amide bonds. The number of carbonyl (C=O) groups excluding carboxylic acids is 1. The zero-order chi connectivity index (χ0) is 13.0. The lowest BCUT2D eigenvalue weighted by molar-refractivity contribution is -0.118. The molecule has 0 heterocycles. The Morgan fingerprint density at radius 1 is 1.59 bits per heavy atom. The monoisotopic (exact) mass is 256 g/mol. The Hall–Kier alpha value is -1.26. The Balaban J connectivity index is 2.71. The van der Waals surface area contributed by atoms with Crippen molar-refractivity contribution < 1.29 is 9.90 Å². The summed E-state index contributed by atoms with van der Waals surface area (Å²) in [6.45, 7) is 3.91. The van der Waals surface area contributed by atoms with E-state index in [4.69, 9.17) is 17.3 Å². The van der Waals surface area contributed by atoms with Crippen molar-refractivity contribution in [1.29, 1.82) is 0 Å². The second-order valence-corrected chi connectivity index (χ2v) is 4.47. The van der Waals surface area contributed by atoms with Crippen molar-refractivity contribution in [2.75, 3.05) is 5.32 Å². The van der Waals surface area contributed by atoms with E-state index in [1.165, 1.54) is 12.1 Å². The molecule has 2 unspecified atom stereocenters. The number of nitrogens with one attached hydrogen (secondary N) is 1. The molecule has 0 aliphatic heterocycles. The normalized spacial score (nSPS) is 14.1. The van der Waals surface area contributed by atoms with Gasteiger partial charge < -0.3 is 16.2 Å². The number of amides is 1. The van der Waals surface area contributed by atoms with E-state index in [2.05, 4.69) is 5.32 Å². The molecule has 4 N–H and O–H groups in total. The molecule has 0 saturated carbocycles. The van der Waals surface area contributed by atoms with Crippen LogP contribution in [0.25, 0.3) is 0 Å². The first kappa shape index (κ1) is 13.8. The van der Waals surface area contributed by atoms with Gasteiger partial charge >= 0.3 is 0 Å². The predicted octanol–water partition coefficient (Wildman–Crippen LogP) is 2.36. The molecule has 0 aliphatic rings. The van der Waals surface area contributed by atoms with Gasteiger partial charge in [0.15, 0.2) is 0 Å². The lowest BCUT2D eigenvalue weighted by Crippen LogP contribution is -2.40. The Bertz CT molecular complexity index is 409. The second-order valence-electron chi connectivity index (χ2n) is 4.07. The van der Waals surface area contributed by atoms with Crippen LogP contribution in [0.1, 0.15) is 20.3 Å². The number of aromatic hydroxyl groups is 1. The average Bonchev–Trinajstić information content (AvgIpc) is 2.31. The minimum atomic E-state index is -0.549. The molecule has 0 fully saturated rings. The lowest BCUT2D eigenvalue weighted by Gasteiger charge is -2.17. The molecule has 0 aromatic heterocycles. The molecule has 0 aliphatic carbocycles. The van der Waals surface area contributed by atoms with Gasteiger partial charge in [-0.05, 0) is 24.1 Å². The highest BCUT2D eigenvalue weighted by molar-refractivity contribution is 6.32. The molecule has 4 nitrogen and oxygen atoms in total. The lowest BCUT2D eigenvalue weighted by atomic mass is 9.99. The SMILES string of the molecule is CCC(C)C(N)C(=O)Nc1ccc(O)c(Cl)c1. The fraction of sp³-hybridized carbons (Fsp3) is 0.417. The number of hydrogen-bond donors (Lipinski definition) is 3. The molecule has 1 rings (SSSR count). The summed E-state index contributed by atoms with van der Waals surface area (Å²) in [6.07, 6.45) is 0.838. The third kappa shape index (κ3) is 3.61. The molecule has 0 radical (unpaired) electrons. The summed E-state index contributed by atoms with van der Waals surface area (Å²) in [4.78, 5) is 11.8. The smallest absolute Gasteiger partial charge is 0.241 e. The van der Waals surface area contributed by atoms with Crippen molar-refractivity contribution in [2.45, 2.75) is 26.3 Å². The summed E-state index contributed by atoms with van der Waals surface area (Å²) in [5, 5.41) is 12.1. The van der Waals surface area contributed by atoms with Crippen LogP contribution in [-0.4, -0.2) is 17.1 Å². The summed E-state index contributed by atoms with van der Waals surface area (Å²) in [5.74, 6) is -0.153. The van der Waals surface area contributed by atoms with Gasteiger partial charge in [-0.3, -0.25) is 4.79 Å². The second kappa shape index (κ2) is 5.89. The van der Waals surface area contributed by atoms with Crippen molar-refractivity contribution in [3.05, 3.63) is 23.2 Å². The third-order valence-corrected chi connectivity index (χ3v) is 3.08. The van der Waals surface area contributed by atoms with Gasteiger partial charge in [-0.15, -0.1) is 0 Å². The highest BCUT2D eigenvalue weighted by atomic mass is 35.5. The number of carbonyl (C=O) groups is 1. The minimum absolute atomic E-state index is 0.0177. The molecule has 1 aromatic carbocycles. The van der Waals surface area contributed by atoms with Crippen molar-refractivity contribution in [2.24, 2.45) is 11.7 Å². The first-order valence-corrected chi connectivity index (χ1v) is 5.88. The maximum atomic E-state index is 11.8. The van der Waals surface area contributed by atoms with Crippen LogP contribution in [0, 0.1) is 5.92 Å². The Labute approximate surface area is 106 Å². The standard InChI is InChI=1S/C12H17ClN2O2/c1-3-7(2)11(14)12(17)15-8-4-5-10(16)9(13)6-8/h4-7,11,16H,3,14H2,1-2H3,(H,15,17). The summed E-state index contributed by atoms with van der Waals surface area (Å²) in [7, 11) is 0. The van der Waals surface area contributed by atoms with Crippen LogP contribution in [0.2, 0.25) is 5.02 Å². The predicted molar refractivity (Wildman–Crippen MR) is 69.2 cm³/mol. The van der Waals surface area contributed by atoms with Crippen LogP contribution in [0.3, 0.4) is 0 Å². The zero-order valence-electron chi connectivity index (χ0n) is 9.90. The molecule has 94 valence electrons. The van der Waals surface area contributed by atoms with Crippen molar-refractivity contribution in [3.8, 4) is 5.75 Å². The van der Waals surface area contributed by atoms with Crippen LogP contribution in [-0.2, 0) is 4.79 Å². The van der Waals surface area contributed by atoms with E-state index in [-0.39, 0.29) is 22.6 Å². The molecular formula is C12H17ClN2O2. The molecule has 17 heavy (non-hydrogen) atoms. The van der Waals surface area contributed by atoms with Gasteiger partial charge in [-0.1, -0.05) is 31.9 Å². The van der Waals surface area contributed by atoms with Crippen LogP contribution >= 0.6 is 11.6 Å². The fourth-order valence-corrected chi connectivity index (χ4v) is 1.50. The summed E-state index contributed by atoms with van der Waals surface area (Å²) in [6, 6.07) is 3.93. The molecule has 5 heteroatoms. The van der Waals surface area contributed by atoms with Crippen molar-refractivity contribution >= 4 is 23.2 Å². The molecule has 0 bridgehead atoms. The summed E-state index contributed by atoms with van der Waals surface area (Å²) >= 11 is 5.73. The Morgan fingerprint density at radius 2 is 2.24 bits per heavy atom. The van der Waals surface area contributed by atoms with Gasteiger partial charge in [0.05, 0.1) is 11.1 Å². The van der Waals surface area contributed by atoms with E-state index >= 15 is 0 Å². The first-order chi connectivity index (χ1) is 7.95. The van der Waals surface area contributed by atoms with Gasteiger partial charge in [-0.2, -0.15) is 0 Å². The van der Waals surface area contributed by atoms with Gasteiger partial charge in [-0.25, -0.2) is 0 Å². The first-order valence-electron chi connectivity index (χ1n) is 5.50. The van der Waals surface area contributed by atoms with Gasteiger partial charge in [0.1, 0.15) is 5.75 Å². The van der Waals surface area contributed by atoms with E-state index < -0.39 is 6.04 Å². The molecule has 2 atom stereocenters. The summed E-state index contributed by atoms with van der Waals surface area (Å²) < 4.78 is 0. The molecule has 1 aromatic rings. The van der Waals surface area contributed by atoms with E-state index in [0.29, 0.717) is 5.69 Å². The molecular weight excluding hydrogens is 240 g/mol. The highest BCUT2D eigenvalue weighted by Crippen LogP contribution is 2.26. The maximum absolute atomic E-state index is 11.8. The highest BCUT2D eigenvalue weighted by Gasteiger charge is 2.19. The number of nitrogens with two attached hydrogens (primary N) is 1. The number of halogens is 1. The van der Waals surface area contributed by atoms with Crippen LogP contribution in [0.4, 0.5) is 5.69 Å². The van der Waals surface area contributed by atoms with Crippen molar-refractivity contribution in [1.82, 2.24) is 0 Å². The Kier molecular flexibility index (Phi) is 4.78. The van der Waals surface area contributed by atoms with Crippen molar-refractivity contribution in [3.63, 3.8) is 0 Å². The van der Waals surface area contributed by atoms with E-state index in [0.717, 1.165) is 6.42 Å². The molecule has 0 spiro atoms. The third-order valence-electron chi connectivity index (χ3n) is 2.77. The van der Waals surface area contributed by atoms with Gasteiger partial charge in [0.25, 0.3) is 0 Å². The number of benzene rings is 1.